The first kappa shape index (κ1) is 10.6. The Hall–Kier alpha value is -0.880. The van der Waals surface area contributed by atoms with E-state index >= 15 is 0 Å². The maximum absolute atomic E-state index is 10.7. The molecule has 0 aromatic rings. The zero-order valence-corrected chi connectivity index (χ0v) is 9.11. The van der Waals surface area contributed by atoms with Crippen LogP contribution in [0, 0.1) is 22.7 Å². The smallest absolute Gasteiger partial charge is 0.124 e. The van der Waals surface area contributed by atoms with Gasteiger partial charge in [0.25, 0.3) is 0 Å². The van der Waals surface area contributed by atoms with E-state index in [0.29, 0.717) is 11.8 Å². The van der Waals surface area contributed by atoms with Crippen LogP contribution in [-0.2, 0) is 4.79 Å². The molecule has 0 N–H and O–H groups in total. The number of aldehydes is 1. The van der Waals surface area contributed by atoms with Gasteiger partial charge < -0.3 is 9.69 Å². The fourth-order valence-electron chi connectivity index (χ4n) is 2.56. The molecule has 1 atom stereocenters. The van der Waals surface area contributed by atoms with Crippen molar-refractivity contribution in [3.05, 3.63) is 0 Å². The molecular formula is C12H18N2O. The van der Waals surface area contributed by atoms with Gasteiger partial charge in [-0.15, -0.1) is 0 Å². The molecule has 0 bridgehead atoms. The van der Waals surface area contributed by atoms with E-state index in [1.807, 2.05) is 0 Å². The molecule has 1 heterocycles. The van der Waals surface area contributed by atoms with Crippen molar-refractivity contribution < 1.29 is 4.79 Å². The van der Waals surface area contributed by atoms with Gasteiger partial charge in [-0.1, -0.05) is 0 Å². The molecule has 1 saturated heterocycles. The summed E-state index contributed by atoms with van der Waals surface area (Å²) in [5.74, 6) is 0.233. The molecule has 82 valence electrons. The molecule has 3 nitrogen and oxygen atoms in total. The van der Waals surface area contributed by atoms with Gasteiger partial charge in [0.05, 0.1) is 6.07 Å². The zero-order chi connectivity index (χ0) is 10.7. The van der Waals surface area contributed by atoms with Crippen molar-refractivity contribution in [2.75, 3.05) is 19.6 Å². The average molecular weight is 206 g/mol. The Balaban J connectivity index is 1.84. The molecule has 0 amide bonds. The van der Waals surface area contributed by atoms with Crippen LogP contribution in [0.2, 0.25) is 0 Å². The predicted octanol–water partition coefficient (Wildman–Crippen LogP) is 1.59. The number of nitrogens with zero attached hydrogens (tertiary/aromatic N) is 2. The fourth-order valence-corrected chi connectivity index (χ4v) is 2.56. The first-order chi connectivity index (χ1) is 7.28. The lowest BCUT2D eigenvalue weighted by Gasteiger charge is -2.32. The van der Waals surface area contributed by atoms with E-state index in [2.05, 4.69) is 11.0 Å². The Labute approximate surface area is 91.1 Å². The molecule has 0 aromatic carbocycles. The van der Waals surface area contributed by atoms with Gasteiger partial charge in [-0.2, -0.15) is 5.26 Å². The third-order valence-electron chi connectivity index (χ3n) is 3.70. The second-order valence-corrected chi connectivity index (χ2v) is 5.11. The summed E-state index contributed by atoms with van der Waals surface area (Å²) < 4.78 is 0. The highest BCUT2D eigenvalue weighted by Gasteiger charge is 2.44. The Morgan fingerprint density at radius 2 is 2.33 bits per heavy atom. The molecule has 1 saturated carbocycles. The van der Waals surface area contributed by atoms with Crippen LogP contribution in [0.5, 0.6) is 0 Å². The number of rotatable bonds is 4. The highest BCUT2D eigenvalue weighted by molar-refractivity contribution is 5.53. The summed E-state index contributed by atoms with van der Waals surface area (Å²) in [5.41, 5.74) is 0.291. The van der Waals surface area contributed by atoms with Gasteiger partial charge in [-0.3, -0.25) is 0 Å². The SMILES string of the molecule is N#CCC1(CN2CCCC(C=O)C2)CC1. The van der Waals surface area contributed by atoms with E-state index in [9.17, 15) is 4.79 Å². The van der Waals surface area contributed by atoms with Crippen molar-refractivity contribution in [1.29, 1.82) is 5.26 Å². The highest BCUT2D eigenvalue weighted by Crippen LogP contribution is 2.49. The van der Waals surface area contributed by atoms with E-state index in [4.69, 9.17) is 5.26 Å². The minimum absolute atomic E-state index is 0.233. The Bertz CT molecular complexity index is 278. The molecule has 1 aliphatic carbocycles. The average Bonchev–Trinajstić information content (AvgIpc) is 2.99. The van der Waals surface area contributed by atoms with Crippen molar-refractivity contribution in [3.8, 4) is 6.07 Å². The van der Waals surface area contributed by atoms with Gasteiger partial charge in [0.15, 0.2) is 0 Å². The molecule has 0 aromatic heterocycles. The summed E-state index contributed by atoms with van der Waals surface area (Å²) in [6.07, 6.45) is 6.36. The van der Waals surface area contributed by atoms with Crippen LogP contribution in [0.4, 0.5) is 0 Å². The van der Waals surface area contributed by atoms with Crippen LogP contribution in [0.3, 0.4) is 0 Å². The van der Waals surface area contributed by atoms with E-state index in [0.717, 1.165) is 38.8 Å². The molecule has 2 aliphatic rings. The van der Waals surface area contributed by atoms with Crippen LogP contribution < -0.4 is 0 Å². The Kier molecular flexibility index (Phi) is 3.06. The third-order valence-corrected chi connectivity index (χ3v) is 3.70. The Morgan fingerprint density at radius 1 is 1.53 bits per heavy atom. The minimum Gasteiger partial charge on any atom is -0.303 e. The minimum atomic E-state index is 0.233. The van der Waals surface area contributed by atoms with Crippen LogP contribution in [0.1, 0.15) is 32.1 Å². The van der Waals surface area contributed by atoms with Gasteiger partial charge in [-0.05, 0) is 37.6 Å². The largest absolute Gasteiger partial charge is 0.303 e. The Morgan fingerprint density at radius 3 is 2.93 bits per heavy atom. The van der Waals surface area contributed by atoms with Gasteiger partial charge in [0.1, 0.15) is 6.29 Å². The van der Waals surface area contributed by atoms with Crippen molar-refractivity contribution in [2.24, 2.45) is 11.3 Å². The number of nitriles is 1. The number of piperidine rings is 1. The summed E-state index contributed by atoms with van der Waals surface area (Å²) in [6, 6.07) is 2.29. The summed E-state index contributed by atoms with van der Waals surface area (Å²) in [5, 5.41) is 8.74. The number of hydrogen-bond donors (Lipinski definition) is 0. The van der Waals surface area contributed by atoms with Gasteiger partial charge >= 0.3 is 0 Å². The summed E-state index contributed by atoms with van der Waals surface area (Å²) in [7, 11) is 0. The quantitative estimate of drug-likeness (QED) is 0.656. The third kappa shape index (κ3) is 2.57. The zero-order valence-electron chi connectivity index (χ0n) is 9.11. The molecular weight excluding hydrogens is 188 g/mol. The van der Waals surface area contributed by atoms with Crippen LogP contribution >= 0.6 is 0 Å². The standard InChI is InChI=1S/C12H18N2O/c13-6-5-12(3-4-12)10-14-7-1-2-11(8-14)9-15/h9,11H,1-5,7-8,10H2. The molecule has 1 unspecified atom stereocenters. The van der Waals surface area contributed by atoms with E-state index in [1.165, 1.54) is 12.8 Å². The van der Waals surface area contributed by atoms with Gasteiger partial charge in [-0.25, -0.2) is 0 Å². The van der Waals surface area contributed by atoms with Crippen molar-refractivity contribution in [1.82, 2.24) is 4.90 Å². The lowest BCUT2D eigenvalue weighted by atomic mass is 9.96. The lowest BCUT2D eigenvalue weighted by Crippen LogP contribution is -2.39. The fraction of sp³-hybridized carbons (Fsp3) is 0.833. The molecule has 0 radical (unpaired) electrons. The van der Waals surface area contributed by atoms with E-state index in [1.54, 1.807) is 0 Å². The lowest BCUT2D eigenvalue weighted by molar-refractivity contribution is -0.112. The molecule has 15 heavy (non-hydrogen) atoms. The highest BCUT2D eigenvalue weighted by atomic mass is 16.1. The molecule has 3 heteroatoms. The summed E-state index contributed by atoms with van der Waals surface area (Å²) in [4.78, 5) is 13.1. The van der Waals surface area contributed by atoms with Crippen molar-refractivity contribution >= 4 is 6.29 Å². The van der Waals surface area contributed by atoms with E-state index < -0.39 is 0 Å². The molecule has 0 spiro atoms. The second-order valence-electron chi connectivity index (χ2n) is 5.11. The normalized spacial score (nSPS) is 29.4. The monoisotopic (exact) mass is 206 g/mol. The first-order valence-corrected chi connectivity index (χ1v) is 5.83. The maximum atomic E-state index is 10.7. The topological polar surface area (TPSA) is 44.1 Å². The predicted molar refractivity (Wildman–Crippen MR) is 57.1 cm³/mol. The molecule has 1 aliphatic heterocycles. The van der Waals surface area contributed by atoms with Crippen LogP contribution in [-0.4, -0.2) is 30.8 Å². The van der Waals surface area contributed by atoms with Crippen LogP contribution in [0.25, 0.3) is 0 Å². The number of carbonyl (C=O) groups excluding carboxylic acids is 1. The summed E-state index contributed by atoms with van der Waals surface area (Å²) >= 11 is 0. The molecule has 2 fully saturated rings. The summed E-state index contributed by atoms with van der Waals surface area (Å²) in [6.45, 7) is 3.05. The maximum Gasteiger partial charge on any atom is 0.124 e. The van der Waals surface area contributed by atoms with E-state index in [-0.39, 0.29) is 5.92 Å². The van der Waals surface area contributed by atoms with Gasteiger partial charge in [0.2, 0.25) is 0 Å². The first-order valence-electron chi connectivity index (χ1n) is 5.83. The second kappa shape index (κ2) is 4.32. The van der Waals surface area contributed by atoms with Crippen molar-refractivity contribution in [2.45, 2.75) is 32.1 Å². The number of likely N-dealkylation sites (tertiary alicyclic amines) is 1. The molecule has 2 rings (SSSR count). The number of carbonyl (C=O) groups is 1. The van der Waals surface area contributed by atoms with Crippen molar-refractivity contribution in [3.63, 3.8) is 0 Å². The number of hydrogen-bond acceptors (Lipinski definition) is 3. The van der Waals surface area contributed by atoms with Gasteiger partial charge in [0, 0.05) is 25.4 Å². The van der Waals surface area contributed by atoms with Crippen LogP contribution in [0.15, 0.2) is 0 Å².